The smallest absolute Gasteiger partial charge is 0.238 e. The third-order valence-corrected chi connectivity index (χ3v) is 2.03. The first-order valence-electron chi connectivity index (χ1n) is 5.62. The molecule has 1 aromatic rings. The van der Waals surface area contributed by atoms with Crippen LogP contribution in [0.5, 0.6) is 5.75 Å². The van der Waals surface area contributed by atoms with Gasteiger partial charge in [-0.2, -0.15) is 5.26 Å². The number of nitriles is 1. The van der Waals surface area contributed by atoms with Gasteiger partial charge in [0.15, 0.2) is 0 Å². The van der Waals surface area contributed by atoms with E-state index in [1.807, 2.05) is 13.8 Å². The van der Waals surface area contributed by atoms with E-state index >= 15 is 0 Å². The molecule has 0 aliphatic heterocycles. The molecule has 1 rings (SSSR count). The van der Waals surface area contributed by atoms with E-state index in [0.29, 0.717) is 18.3 Å². The minimum absolute atomic E-state index is 0.246. The Morgan fingerprint density at radius 1 is 1.56 bits per heavy atom. The average molecular weight is 250 g/mol. The number of carbonyl (C=O) groups is 1. The molecule has 0 spiro atoms. The lowest BCUT2D eigenvalue weighted by Gasteiger charge is -2.13. The van der Waals surface area contributed by atoms with Crippen LogP contribution in [0.4, 0.5) is 10.1 Å². The number of hydrogen-bond donors (Lipinski definition) is 1. The summed E-state index contributed by atoms with van der Waals surface area (Å²) in [6.07, 6.45) is -0.278. The van der Waals surface area contributed by atoms with Crippen molar-refractivity contribution in [2.75, 3.05) is 11.9 Å². The molecular formula is C13H15FN2O2. The largest absolute Gasteiger partial charge is 0.491 e. The van der Waals surface area contributed by atoms with Gasteiger partial charge in [-0.25, -0.2) is 4.39 Å². The molecular weight excluding hydrogens is 235 g/mol. The van der Waals surface area contributed by atoms with Crippen LogP contribution in [0.1, 0.15) is 20.3 Å². The lowest BCUT2D eigenvalue weighted by molar-refractivity contribution is -0.115. The number of benzene rings is 1. The minimum atomic E-state index is -0.488. The van der Waals surface area contributed by atoms with E-state index in [2.05, 4.69) is 5.32 Å². The molecule has 4 nitrogen and oxygen atoms in total. The molecule has 96 valence electrons. The van der Waals surface area contributed by atoms with Crippen LogP contribution in [0.2, 0.25) is 0 Å². The second kappa shape index (κ2) is 6.60. The van der Waals surface area contributed by atoms with Gasteiger partial charge in [0.1, 0.15) is 18.0 Å². The summed E-state index contributed by atoms with van der Waals surface area (Å²) in [5.41, 5.74) is 0.246. The molecule has 1 amide bonds. The SMILES string of the molecule is CC(C)COc1ccc(F)cc1NC(=O)CC#N. The Morgan fingerprint density at radius 2 is 2.28 bits per heavy atom. The molecule has 0 bridgehead atoms. The van der Waals surface area contributed by atoms with Crippen molar-refractivity contribution in [1.82, 2.24) is 0 Å². The molecule has 0 aliphatic rings. The number of anilines is 1. The number of nitrogens with zero attached hydrogens (tertiary/aromatic N) is 1. The van der Waals surface area contributed by atoms with Crippen LogP contribution in [0.15, 0.2) is 18.2 Å². The van der Waals surface area contributed by atoms with E-state index in [0.717, 1.165) is 0 Å². The zero-order valence-electron chi connectivity index (χ0n) is 10.4. The number of nitrogens with one attached hydrogen (secondary N) is 1. The fourth-order valence-corrected chi connectivity index (χ4v) is 1.25. The van der Waals surface area contributed by atoms with E-state index in [4.69, 9.17) is 10.00 Å². The molecule has 0 radical (unpaired) electrons. The quantitative estimate of drug-likeness (QED) is 0.873. The Kier molecular flexibility index (Phi) is 5.12. The van der Waals surface area contributed by atoms with E-state index in [9.17, 15) is 9.18 Å². The van der Waals surface area contributed by atoms with Gasteiger partial charge in [0.2, 0.25) is 5.91 Å². The topological polar surface area (TPSA) is 62.1 Å². The highest BCUT2D eigenvalue weighted by molar-refractivity contribution is 5.93. The summed E-state index contributed by atoms with van der Waals surface area (Å²) in [4.78, 5) is 11.3. The highest BCUT2D eigenvalue weighted by Gasteiger charge is 2.09. The van der Waals surface area contributed by atoms with Crippen LogP contribution in [-0.2, 0) is 4.79 Å². The second-order valence-electron chi connectivity index (χ2n) is 4.23. The first kappa shape index (κ1) is 14.0. The first-order chi connectivity index (χ1) is 8.52. The van der Waals surface area contributed by atoms with Gasteiger partial charge in [-0.1, -0.05) is 13.8 Å². The van der Waals surface area contributed by atoms with Crippen LogP contribution in [0.3, 0.4) is 0 Å². The molecule has 0 fully saturated rings. The number of ether oxygens (including phenoxy) is 1. The highest BCUT2D eigenvalue weighted by atomic mass is 19.1. The van der Waals surface area contributed by atoms with E-state index in [1.54, 1.807) is 6.07 Å². The number of amides is 1. The number of rotatable bonds is 5. The van der Waals surface area contributed by atoms with Crippen molar-refractivity contribution in [2.45, 2.75) is 20.3 Å². The Morgan fingerprint density at radius 3 is 2.89 bits per heavy atom. The van der Waals surface area contributed by atoms with Crippen molar-refractivity contribution in [2.24, 2.45) is 5.92 Å². The van der Waals surface area contributed by atoms with E-state index in [-0.39, 0.29) is 12.1 Å². The van der Waals surface area contributed by atoms with Gasteiger partial charge in [0.05, 0.1) is 18.4 Å². The summed E-state index contributed by atoms with van der Waals surface area (Å²) in [5, 5.41) is 10.8. The fraction of sp³-hybridized carbons (Fsp3) is 0.385. The molecule has 0 saturated heterocycles. The van der Waals surface area contributed by atoms with Crippen molar-refractivity contribution < 1.29 is 13.9 Å². The van der Waals surface area contributed by atoms with Crippen LogP contribution in [0.25, 0.3) is 0 Å². The predicted octanol–water partition coefficient (Wildman–Crippen LogP) is 2.71. The third-order valence-electron chi connectivity index (χ3n) is 2.03. The van der Waals surface area contributed by atoms with Crippen LogP contribution < -0.4 is 10.1 Å². The summed E-state index contributed by atoms with van der Waals surface area (Å²) in [6.45, 7) is 4.43. The maximum absolute atomic E-state index is 13.1. The maximum atomic E-state index is 13.1. The average Bonchev–Trinajstić information content (AvgIpc) is 2.28. The monoisotopic (exact) mass is 250 g/mol. The van der Waals surface area contributed by atoms with Gasteiger partial charge >= 0.3 is 0 Å². The first-order valence-corrected chi connectivity index (χ1v) is 5.62. The Hall–Kier alpha value is -2.09. The van der Waals surface area contributed by atoms with Crippen molar-refractivity contribution in [3.63, 3.8) is 0 Å². The predicted molar refractivity (Wildman–Crippen MR) is 65.6 cm³/mol. The number of hydrogen-bond acceptors (Lipinski definition) is 3. The van der Waals surface area contributed by atoms with Gasteiger partial charge in [0, 0.05) is 6.07 Å². The zero-order valence-corrected chi connectivity index (χ0v) is 10.4. The number of carbonyl (C=O) groups excluding carboxylic acids is 1. The van der Waals surface area contributed by atoms with E-state index in [1.165, 1.54) is 18.2 Å². The van der Waals surface area contributed by atoms with Crippen LogP contribution >= 0.6 is 0 Å². The standard InChI is InChI=1S/C13H15FN2O2/c1-9(2)8-18-12-4-3-10(14)7-11(12)16-13(17)5-6-15/h3-4,7,9H,5,8H2,1-2H3,(H,16,17). The molecule has 0 aromatic heterocycles. The molecule has 0 heterocycles. The summed E-state index contributed by atoms with van der Waals surface area (Å²) in [7, 11) is 0. The summed E-state index contributed by atoms with van der Waals surface area (Å²) < 4.78 is 18.6. The molecule has 0 saturated carbocycles. The molecule has 5 heteroatoms. The van der Waals surface area contributed by atoms with Gasteiger partial charge < -0.3 is 10.1 Å². The van der Waals surface area contributed by atoms with Crippen molar-refractivity contribution in [3.05, 3.63) is 24.0 Å². The molecule has 0 atom stereocenters. The lowest BCUT2D eigenvalue weighted by Crippen LogP contribution is -2.13. The molecule has 0 aliphatic carbocycles. The summed E-state index contributed by atoms with van der Waals surface area (Å²) >= 11 is 0. The summed E-state index contributed by atoms with van der Waals surface area (Å²) in [5.74, 6) is -0.245. The third kappa shape index (κ3) is 4.42. The van der Waals surface area contributed by atoms with Gasteiger partial charge in [-0.05, 0) is 18.1 Å². The van der Waals surface area contributed by atoms with Gasteiger partial charge in [0.25, 0.3) is 0 Å². The van der Waals surface area contributed by atoms with Crippen molar-refractivity contribution >= 4 is 11.6 Å². The van der Waals surface area contributed by atoms with Crippen LogP contribution in [0, 0.1) is 23.1 Å². The molecule has 1 aromatic carbocycles. The van der Waals surface area contributed by atoms with Gasteiger partial charge in [-0.15, -0.1) is 0 Å². The Bertz CT molecular complexity index is 467. The summed E-state index contributed by atoms with van der Waals surface area (Å²) in [6, 6.07) is 5.61. The van der Waals surface area contributed by atoms with E-state index < -0.39 is 11.7 Å². The van der Waals surface area contributed by atoms with Crippen LogP contribution in [-0.4, -0.2) is 12.5 Å². The minimum Gasteiger partial charge on any atom is -0.491 e. The van der Waals surface area contributed by atoms with Gasteiger partial charge in [-0.3, -0.25) is 4.79 Å². The zero-order chi connectivity index (χ0) is 13.5. The second-order valence-corrected chi connectivity index (χ2v) is 4.23. The number of halogens is 1. The molecule has 0 unspecified atom stereocenters. The maximum Gasteiger partial charge on any atom is 0.238 e. The lowest BCUT2D eigenvalue weighted by atomic mass is 10.2. The Labute approximate surface area is 105 Å². The van der Waals surface area contributed by atoms with Crippen molar-refractivity contribution in [3.8, 4) is 11.8 Å². The van der Waals surface area contributed by atoms with Crippen molar-refractivity contribution in [1.29, 1.82) is 5.26 Å². The molecule has 1 N–H and O–H groups in total. The Balaban J connectivity index is 2.83. The normalized spacial score (nSPS) is 9.94. The fourth-order valence-electron chi connectivity index (χ4n) is 1.25. The molecule has 18 heavy (non-hydrogen) atoms. The highest BCUT2D eigenvalue weighted by Crippen LogP contribution is 2.26.